The molecule has 0 unspecified atom stereocenters. The van der Waals surface area contributed by atoms with E-state index in [4.69, 9.17) is 0 Å². The van der Waals surface area contributed by atoms with Gasteiger partial charge in [0.1, 0.15) is 0 Å². The Morgan fingerprint density at radius 3 is 2.50 bits per heavy atom. The maximum Gasteiger partial charge on any atom is 0.418 e. The van der Waals surface area contributed by atoms with Crippen molar-refractivity contribution in [1.29, 1.82) is 0 Å². The fourth-order valence-electron chi connectivity index (χ4n) is 2.98. The smallest absolute Gasteiger partial charge is 0.334 e. The molecule has 3 rings (SSSR count). The van der Waals surface area contributed by atoms with E-state index in [0.29, 0.717) is 6.42 Å². The highest BCUT2D eigenvalue weighted by molar-refractivity contribution is 7.18. The zero-order chi connectivity index (χ0) is 21.7. The number of aryl methyl sites for hydroxylation is 1. The molecule has 1 heterocycles. The molecule has 0 bridgehead atoms. The van der Waals surface area contributed by atoms with E-state index in [-0.39, 0.29) is 31.1 Å². The third kappa shape index (κ3) is 5.35. The number of aromatic nitrogens is 1. The minimum Gasteiger partial charge on any atom is -0.334 e. The van der Waals surface area contributed by atoms with E-state index in [9.17, 15) is 22.8 Å². The fourth-order valence-corrected chi connectivity index (χ4v) is 3.94. The van der Waals surface area contributed by atoms with E-state index in [1.165, 1.54) is 34.4 Å². The van der Waals surface area contributed by atoms with E-state index < -0.39 is 17.6 Å². The number of thiazole rings is 1. The molecule has 0 atom stereocenters. The third-order valence-electron chi connectivity index (χ3n) is 4.47. The molecule has 0 aliphatic rings. The van der Waals surface area contributed by atoms with Crippen molar-refractivity contribution in [3.63, 3.8) is 0 Å². The van der Waals surface area contributed by atoms with Crippen molar-refractivity contribution < 1.29 is 22.8 Å². The molecule has 0 aliphatic carbocycles. The quantitative estimate of drug-likeness (QED) is 0.583. The van der Waals surface area contributed by atoms with Crippen LogP contribution in [0.5, 0.6) is 0 Å². The molecule has 9 heteroatoms. The first-order valence-corrected chi connectivity index (χ1v) is 10.2. The summed E-state index contributed by atoms with van der Waals surface area (Å²) >= 11 is 1.51. The van der Waals surface area contributed by atoms with Gasteiger partial charge in [0, 0.05) is 19.4 Å². The SMILES string of the molecule is CCN(CC(=O)Nc1ccccc1C(F)(F)F)C(=O)CCc1nc2ccccc2s1. The predicted octanol–water partition coefficient (Wildman–Crippen LogP) is 4.73. The number of fused-ring (bicyclic) bond motifs is 1. The summed E-state index contributed by atoms with van der Waals surface area (Å²) in [5.41, 5.74) is -0.378. The van der Waals surface area contributed by atoms with Crippen LogP contribution in [0, 0.1) is 0 Å². The van der Waals surface area contributed by atoms with Crippen LogP contribution in [0.15, 0.2) is 48.5 Å². The molecule has 158 valence electrons. The molecule has 0 saturated carbocycles. The lowest BCUT2D eigenvalue weighted by Crippen LogP contribution is -2.38. The number of para-hydroxylation sites is 2. The van der Waals surface area contributed by atoms with Gasteiger partial charge in [-0.05, 0) is 31.2 Å². The number of nitrogens with zero attached hydrogens (tertiary/aromatic N) is 2. The van der Waals surface area contributed by atoms with Gasteiger partial charge >= 0.3 is 6.18 Å². The number of anilines is 1. The molecule has 0 aliphatic heterocycles. The first-order valence-electron chi connectivity index (χ1n) is 9.36. The first kappa shape index (κ1) is 21.8. The maximum atomic E-state index is 13.1. The third-order valence-corrected chi connectivity index (χ3v) is 5.56. The van der Waals surface area contributed by atoms with E-state index in [1.807, 2.05) is 24.3 Å². The molecule has 0 radical (unpaired) electrons. The molecule has 2 aromatic carbocycles. The highest BCUT2D eigenvalue weighted by Gasteiger charge is 2.33. The van der Waals surface area contributed by atoms with Crippen LogP contribution in [0.3, 0.4) is 0 Å². The second kappa shape index (κ2) is 9.25. The molecule has 2 amide bonds. The summed E-state index contributed by atoms with van der Waals surface area (Å²) in [5, 5.41) is 3.09. The van der Waals surface area contributed by atoms with Gasteiger partial charge in [0.15, 0.2) is 0 Å². The van der Waals surface area contributed by atoms with Crippen molar-refractivity contribution in [1.82, 2.24) is 9.88 Å². The molecule has 1 aromatic heterocycles. The highest BCUT2D eigenvalue weighted by Crippen LogP contribution is 2.34. The number of hydrogen-bond donors (Lipinski definition) is 1. The maximum absolute atomic E-state index is 13.1. The van der Waals surface area contributed by atoms with Crippen molar-refractivity contribution in [2.24, 2.45) is 0 Å². The number of alkyl halides is 3. The Balaban J connectivity index is 1.59. The van der Waals surface area contributed by atoms with E-state index in [1.54, 1.807) is 6.92 Å². The molecular weight excluding hydrogens is 415 g/mol. The number of likely N-dealkylation sites (N-methyl/N-ethyl adjacent to an activating group) is 1. The number of benzene rings is 2. The number of rotatable bonds is 7. The monoisotopic (exact) mass is 435 g/mol. The van der Waals surface area contributed by atoms with Gasteiger partial charge in [0.25, 0.3) is 0 Å². The lowest BCUT2D eigenvalue weighted by atomic mass is 10.1. The Labute approximate surface area is 175 Å². The molecule has 30 heavy (non-hydrogen) atoms. The standard InChI is InChI=1S/C21H20F3N3O2S/c1-2-27(13-18(28)25-15-8-4-3-7-14(15)21(22,23)24)20(29)12-11-19-26-16-9-5-6-10-17(16)30-19/h3-10H,2,11-13H2,1H3,(H,25,28). The first-order chi connectivity index (χ1) is 14.3. The van der Waals surface area contributed by atoms with Gasteiger partial charge in [0.05, 0.1) is 33.0 Å². The fraction of sp³-hybridized carbons (Fsp3) is 0.286. The summed E-state index contributed by atoms with van der Waals surface area (Å²) in [6.45, 7) is 1.67. The summed E-state index contributed by atoms with van der Waals surface area (Å²) in [6, 6.07) is 12.4. The van der Waals surface area contributed by atoms with Gasteiger partial charge in [-0.2, -0.15) is 13.2 Å². The van der Waals surface area contributed by atoms with Crippen LogP contribution < -0.4 is 5.32 Å². The van der Waals surface area contributed by atoms with Crippen LogP contribution in [-0.4, -0.2) is 34.8 Å². The highest BCUT2D eigenvalue weighted by atomic mass is 32.1. The number of hydrogen-bond acceptors (Lipinski definition) is 4. The van der Waals surface area contributed by atoms with Crippen LogP contribution in [0.4, 0.5) is 18.9 Å². The molecule has 0 fully saturated rings. The van der Waals surface area contributed by atoms with E-state index in [0.717, 1.165) is 21.3 Å². The van der Waals surface area contributed by atoms with Crippen LogP contribution >= 0.6 is 11.3 Å². The van der Waals surface area contributed by atoms with Gasteiger partial charge < -0.3 is 10.2 Å². The van der Waals surface area contributed by atoms with E-state index in [2.05, 4.69) is 10.3 Å². The Morgan fingerprint density at radius 2 is 1.80 bits per heavy atom. The topological polar surface area (TPSA) is 62.3 Å². The van der Waals surface area contributed by atoms with Crippen molar-refractivity contribution in [3.8, 4) is 0 Å². The van der Waals surface area contributed by atoms with Crippen molar-refractivity contribution in [3.05, 3.63) is 59.1 Å². The zero-order valence-electron chi connectivity index (χ0n) is 16.2. The average Bonchev–Trinajstić information content (AvgIpc) is 3.13. The Hall–Kier alpha value is -2.94. The number of amides is 2. The predicted molar refractivity (Wildman–Crippen MR) is 110 cm³/mol. The van der Waals surface area contributed by atoms with Crippen molar-refractivity contribution in [2.75, 3.05) is 18.4 Å². The summed E-state index contributed by atoms with van der Waals surface area (Å²) < 4.78 is 40.3. The zero-order valence-corrected chi connectivity index (χ0v) is 17.0. The summed E-state index contributed by atoms with van der Waals surface area (Å²) in [5.74, 6) is -0.933. The van der Waals surface area contributed by atoms with Gasteiger partial charge in [0.2, 0.25) is 11.8 Å². The number of carbonyl (C=O) groups is 2. The Morgan fingerprint density at radius 1 is 1.10 bits per heavy atom. The lowest BCUT2D eigenvalue weighted by molar-refractivity contribution is -0.137. The van der Waals surface area contributed by atoms with Crippen LogP contribution in [0.1, 0.15) is 23.9 Å². The normalized spacial score (nSPS) is 11.5. The number of carbonyl (C=O) groups excluding carboxylic acids is 2. The van der Waals surface area contributed by atoms with Crippen LogP contribution in [-0.2, 0) is 22.2 Å². The molecule has 0 saturated heterocycles. The molecule has 5 nitrogen and oxygen atoms in total. The lowest BCUT2D eigenvalue weighted by Gasteiger charge is -2.21. The average molecular weight is 435 g/mol. The summed E-state index contributed by atoms with van der Waals surface area (Å²) in [4.78, 5) is 30.6. The number of halogens is 3. The molecule has 0 spiro atoms. The van der Waals surface area contributed by atoms with Gasteiger partial charge in [-0.1, -0.05) is 24.3 Å². The van der Waals surface area contributed by atoms with Gasteiger partial charge in [-0.3, -0.25) is 9.59 Å². The van der Waals surface area contributed by atoms with Crippen molar-refractivity contribution >= 4 is 39.1 Å². The number of nitrogens with one attached hydrogen (secondary N) is 1. The minimum absolute atomic E-state index is 0.167. The molecule has 1 N–H and O–H groups in total. The largest absolute Gasteiger partial charge is 0.418 e. The second-order valence-corrected chi connectivity index (χ2v) is 7.69. The minimum atomic E-state index is -4.58. The van der Waals surface area contributed by atoms with Gasteiger partial charge in [-0.25, -0.2) is 4.98 Å². The molecular formula is C21H20F3N3O2S. The summed E-state index contributed by atoms with van der Waals surface area (Å²) in [7, 11) is 0. The van der Waals surface area contributed by atoms with E-state index >= 15 is 0 Å². The summed E-state index contributed by atoms with van der Waals surface area (Å²) in [6.07, 6.45) is -3.98. The molecule has 3 aromatic rings. The van der Waals surface area contributed by atoms with Gasteiger partial charge in [-0.15, -0.1) is 11.3 Å². The van der Waals surface area contributed by atoms with Crippen LogP contribution in [0.2, 0.25) is 0 Å². The Kier molecular flexibility index (Phi) is 6.71. The van der Waals surface area contributed by atoms with Crippen LogP contribution in [0.25, 0.3) is 10.2 Å². The van der Waals surface area contributed by atoms with Crippen molar-refractivity contribution in [2.45, 2.75) is 25.9 Å². The Bertz CT molecular complexity index is 1020. The second-order valence-electron chi connectivity index (χ2n) is 6.57.